The number of hydrazine groups is 1. The second kappa shape index (κ2) is 3.88. The Balaban J connectivity index is 2.24. The summed E-state index contributed by atoms with van der Waals surface area (Å²) in [5, 5.41) is 4.74. The van der Waals surface area contributed by atoms with E-state index in [2.05, 4.69) is 5.10 Å². The second-order valence-corrected chi connectivity index (χ2v) is 3.53. The maximum atomic E-state index is 5.69. The molecule has 0 saturated carbocycles. The molecule has 0 bridgehead atoms. The number of epoxide rings is 1. The third kappa shape index (κ3) is 2.08. The largest absolute Gasteiger partial charge is 0.368 e. The molecule has 0 unspecified atom stereocenters. The molecule has 15 heavy (non-hydrogen) atoms. The average Bonchev–Trinajstić information content (AvgIpc) is 3.01. The van der Waals surface area contributed by atoms with E-state index >= 15 is 0 Å². The summed E-state index contributed by atoms with van der Waals surface area (Å²) in [6, 6.07) is 5.93. The first-order valence-corrected chi connectivity index (χ1v) is 4.72. The predicted molar refractivity (Wildman–Crippen MR) is 59.2 cm³/mol. The van der Waals surface area contributed by atoms with E-state index in [1.54, 1.807) is 0 Å². The van der Waals surface area contributed by atoms with Crippen LogP contribution in [0.3, 0.4) is 0 Å². The number of hydrogen-bond donors (Lipinski definition) is 2. The first kappa shape index (κ1) is 9.95. The number of aryl methyl sites for hydroxylation is 1. The minimum Gasteiger partial charge on any atom is -0.368 e. The normalized spacial score (nSPS) is 19.5. The quantitative estimate of drug-likeness (QED) is 0.250. The van der Waals surface area contributed by atoms with Gasteiger partial charge in [-0.3, -0.25) is 5.01 Å². The fraction of sp³-hybridized carbons (Fsp3) is 0.300. The molecule has 1 fully saturated rings. The predicted octanol–water partition coefficient (Wildman–Crippen LogP) is 0.648. The van der Waals surface area contributed by atoms with Crippen LogP contribution in [-0.2, 0) is 4.74 Å². The lowest BCUT2D eigenvalue weighted by Crippen LogP contribution is -2.29. The summed E-state index contributed by atoms with van der Waals surface area (Å²) >= 11 is 0. The number of hydrazone groups is 1. The van der Waals surface area contributed by atoms with Crippen molar-refractivity contribution in [2.24, 2.45) is 16.8 Å². The summed E-state index contributed by atoms with van der Waals surface area (Å²) in [7, 11) is 0. The van der Waals surface area contributed by atoms with Crippen LogP contribution in [0, 0.1) is 6.92 Å². The topological polar surface area (TPSA) is 80.2 Å². The highest BCUT2D eigenvalue weighted by Crippen LogP contribution is 2.33. The molecule has 0 spiro atoms. The maximum Gasteiger partial charge on any atom is 0.129 e. The Hall–Kier alpha value is -1.59. The Labute approximate surface area is 88.3 Å². The van der Waals surface area contributed by atoms with E-state index in [9.17, 15) is 0 Å². The molecule has 1 atom stereocenters. The molecule has 5 nitrogen and oxygen atoms in total. The number of ether oxygens (including phenoxy) is 1. The Bertz CT molecular complexity index is 387. The fourth-order valence-corrected chi connectivity index (χ4v) is 1.55. The van der Waals surface area contributed by atoms with Crippen molar-refractivity contribution in [3.63, 3.8) is 0 Å². The highest BCUT2D eigenvalue weighted by molar-refractivity contribution is 5.77. The molecule has 1 aromatic rings. The van der Waals surface area contributed by atoms with Crippen molar-refractivity contribution in [1.82, 2.24) is 0 Å². The van der Waals surface area contributed by atoms with Gasteiger partial charge in [0.05, 0.1) is 12.3 Å². The minimum absolute atomic E-state index is 0.272. The molecule has 0 amide bonds. The van der Waals surface area contributed by atoms with E-state index in [0.717, 1.165) is 17.9 Å². The lowest BCUT2D eigenvalue weighted by atomic mass is 10.1. The molecule has 0 radical (unpaired) electrons. The van der Waals surface area contributed by atoms with Crippen LogP contribution in [-0.4, -0.2) is 12.9 Å². The highest BCUT2D eigenvalue weighted by Gasteiger charge is 2.26. The number of rotatable bonds is 3. The Kier molecular flexibility index (Phi) is 2.57. The molecule has 1 aliphatic rings. The monoisotopic (exact) mass is 206 g/mol. The van der Waals surface area contributed by atoms with Gasteiger partial charge < -0.3 is 10.6 Å². The molecule has 1 aliphatic heterocycles. The maximum absolute atomic E-state index is 5.69. The van der Waals surface area contributed by atoms with E-state index in [1.807, 2.05) is 25.1 Å². The zero-order chi connectivity index (χ0) is 10.8. The van der Waals surface area contributed by atoms with Gasteiger partial charge in [-0.15, -0.1) is 0 Å². The Morgan fingerprint density at radius 1 is 1.60 bits per heavy atom. The molecule has 1 saturated heterocycles. The molecular formula is C10H14N4O. The summed E-state index contributed by atoms with van der Waals surface area (Å²) in [4.78, 5) is 0. The second-order valence-electron chi connectivity index (χ2n) is 3.53. The zero-order valence-electron chi connectivity index (χ0n) is 8.55. The molecule has 1 aromatic carbocycles. The third-order valence-corrected chi connectivity index (χ3v) is 2.42. The lowest BCUT2D eigenvalue weighted by molar-refractivity contribution is 0.415. The van der Waals surface area contributed by atoms with Crippen molar-refractivity contribution in [2.75, 3.05) is 11.6 Å². The average molecular weight is 206 g/mol. The van der Waals surface area contributed by atoms with E-state index < -0.39 is 0 Å². The standard InChI is InChI=1S/C10H14N4O/c1-7-4-8(14(12)6-13-11)2-3-9(7)10-5-15-10/h2-4,6,10H,5,11-12H2,1H3/b13-6-/t10-/m1/s1. The van der Waals surface area contributed by atoms with Crippen molar-refractivity contribution in [1.29, 1.82) is 0 Å². The highest BCUT2D eigenvalue weighted by atomic mass is 16.6. The van der Waals surface area contributed by atoms with Gasteiger partial charge in [0.2, 0.25) is 0 Å². The molecule has 80 valence electrons. The van der Waals surface area contributed by atoms with Gasteiger partial charge in [0.25, 0.3) is 0 Å². The van der Waals surface area contributed by atoms with Crippen molar-refractivity contribution in [3.05, 3.63) is 29.3 Å². The molecule has 0 aromatic heterocycles. The van der Waals surface area contributed by atoms with Gasteiger partial charge in [0.1, 0.15) is 12.4 Å². The molecule has 2 rings (SSSR count). The number of anilines is 1. The number of benzene rings is 1. The minimum atomic E-state index is 0.272. The van der Waals surface area contributed by atoms with E-state index in [4.69, 9.17) is 16.4 Å². The van der Waals surface area contributed by atoms with Crippen LogP contribution in [0.5, 0.6) is 0 Å². The number of nitrogens with two attached hydrogens (primary N) is 2. The van der Waals surface area contributed by atoms with Crippen molar-refractivity contribution in [3.8, 4) is 0 Å². The molecular weight excluding hydrogens is 192 g/mol. The number of nitrogens with zero attached hydrogens (tertiary/aromatic N) is 2. The summed E-state index contributed by atoms with van der Waals surface area (Å²) in [5.41, 5.74) is 3.24. The van der Waals surface area contributed by atoms with Crippen LogP contribution in [0.25, 0.3) is 0 Å². The van der Waals surface area contributed by atoms with Gasteiger partial charge in [0, 0.05) is 0 Å². The van der Waals surface area contributed by atoms with Crippen molar-refractivity contribution in [2.45, 2.75) is 13.0 Å². The van der Waals surface area contributed by atoms with E-state index in [0.29, 0.717) is 0 Å². The first-order valence-electron chi connectivity index (χ1n) is 4.72. The van der Waals surface area contributed by atoms with Gasteiger partial charge in [-0.1, -0.05) is 6.07 Å². The SMILES string of the molecule is Cc1cc(N(N)/C=N\N)ccc1[C@H]1CO1. The van der Waals surface area contributed by atoms with E-state index in [1.165, 1.54) is 16.9 Å². The van der Waals surface area contributed by atoms with Gasteiger partial charge in [0.15, 0.2) is 0 Å². The smallest absolute Gasteiger partial charge is 0.129 e. The molecule has 1 heterocycles. The van der Waals surface area contributed by atoms with Crippen LogP contribution in [0.4, 0.5) is 5.69 Å². The summed E-state index contributed by atoms with van der Waals surface area (Å²) in [6.07, 6.45) is 1.63. The summed E-state index contributed by atoms with van der Waals surface area (Å²) in [5.74, 6) is 10.7. The van der Waals surface area contributed by atoms with Crippen molar-refractivity contribution >= 4 is 12.0 Å². The summed E-state index contributed by atoms with van der Waals surface area (Å²) in [6.45, 7) is 2.85. The first-order chi connectivity index (χ1) is 7.22. The summed E-state index contributed by atoms with van der Waals surface area (Å²) < 4.78 is 5.23. The van der Waals surface area contributed by atoms with Gasteiger partial charge >= 0.3 is 0 Å². The van der Waals surface area contributed by atoms with Crippen LogP contribution in [0.1, 0.15) is 17.2 Å². The van der Waals surface area contributed by atoms with Crippen LogP contribution >= 0.6 is 0 Å². The Morgan fingerprint density at radius 2 is 2.33 bits per heavy atom. The van der Waals surface area contributed by atoms with Gasteiger partial charge in [-0.2, -0.15) is 5.10 Å². The third-order valence-electron chi connectivity index (χ3n) is 2.42. The lowest BCUT2D eigenvalue weighted by Gasteiger charge is -2.13. The Morgan fingerprint density at radius 3 is 2.87 bits per heavy atom. The van der Waals surface area contributed by atoms with Gasteiger partial charge in [-0.05, 0) is 30.2 Å². The van der Waals surface area contributed by atoms with Crippen LogP contribution < -0.4 is 16.7 Å². The molecule has 4 N–H and O–H groups in total. The number of hydrogen-bond acceptors (Lipinski definition) is 4. The van der Waals surface area contributed by atoms with E-state index in [-0.39, 0.29) is 6.10 Å². The van der Waals surface area contributed by atoms with Crippen LogP contribution in [0.15, 0.2) is 23.3 Å². The van der Waals surface area contributed by atoms with Crippen LogP contribution in [0.2, 0.25) is 0 Å². The molecule has 0 aliphatic carbocycles. The van der Waals surface area contributed by atoms with Gasteiger partial charge in [-0.25, -0.2) is 5.84 Å². The fourth-order valence-electron chi connectivity index (χ4n) is 1.55. The zero-order valence-corrected chi connectivity index (χ0v) is 8.55. The molecule has 5 heteroatoms. The van der Waals surface area contributed by atoms with Crippen molar-refractivity contribution < 1.29 is 4.74 Å².